The number of aliphatic carboxylic acids is 2. The highest BCUT2D eigenvalue weighted by atomic mass is 35.5. The lowest BCUT2D eigenvalue weighted by Gasteiger charge is -2.54. The van der Waals surface area contributed by atoms with Gasteiger partial charge >= 0.3 is 11.4 Å². The van der Waals surface area contributed by atoms with Crippen molar-refractivity contribution in [2.75, 3.05) is 88.3 Å². The quantitative estimate of drug-likeness (QED) is 0.164. The Morgan fingerprint density at radius 3 is 1.18 bits per heavy atom. The summed E-state index contributed by atoms with van der Waals surface area (Å²) in [5.74, 6) is -1.60. The first-order valence-electron chi connectivity index (χ1n) is 13.5. The van der Waals surface area contributed by atoms with E-state index >= 15 is 0 Å². The Bertz CT molecular complexity index is 1260. The monoisotopic (exact) mass is 658 g/mol. The number of hydrogen-bond acceptors (Lipinski definition) is 14. The lowest BCUT2D eigenvalue weighted by molar-refractivity contribution is -1.03. The van der Waals surface area contributed by atoms with Gasteiger partial charge in [0, 0.05) is 11.9 Å². The van der Waals surface area contributed by atoms with Crippen molar-refractivity contribution in [2.45, 2.75) is 13.8 Å². The summed E-state index contributed by atoms with van der Waals surface area (Å²) in [4.78, 5) is 59.4. The smallest absolute Gasteiger partial charge is 0.348 e. The van der Waals surface area contributed by atoms with Gasteiger partial charge in [0.2, 0.25) is 21.9 Å². The van der Waals surface area contributed by atoms with E-state index in [1.807, 2.05) is 9.80 Å². The third-order valence-electron chi connectivity index (χ3n) is 7.96. The molecule has 0 atom stereocenters. The van der Waals surface area contributed by atoms with Crippen LogP contribution in [0.3, 0.4) is 0 Å². The van der Waals surface area contributed by atoms with E-state index in [-0.39, 0.29) is 33.3 Å². The number of carboxylic acid groups (broad SMARTS) is 2. The van der Waals surface area contributed by atoms with Gasteiger partial charge in [0.05, 0.1) is 62.2 Å². The lowest BCUT2D eigenvalue weighted by atomic mass is 10.1. The number of rotatable bonds is 4. The highest BCUT2D eigenvalue weighted by Gasteiger charge is 2.46. The fourth-order valence-electron chi connectivity index (χ4n) is 5.64. The van der Waals surface area contributed by atoms with Crippen LogP contribution in [0, 0.1) is 20.2 Å². The van der Waals surface area contributed by atoms with Crippen molar-refractivity contribution in [2.24, 2.45) is 0 Å². The third-order valence-corrected chi connectivity index (χ3v) is 8.51. The highest BCUT2D eigenvalue weighted by Crippen LogP contribution is 2.35. The standard InChI is InChI=1S/C20H26Cl2N10O4.2C2H4O2/c21-17-15(29(33)34)19(25-13-23-17)27-1-5-31(6-2-27)9-11-32(12-10-31)7-3-28(4-8-32)20-16(30(35)36)18(22)24-14-26-20;2*1-2(3)4/h13-14H,1-12H2;2*1H3,(H,3,4)/q+2;;/p-2. The summed E-state index contributed by atoms with van der Waals surface area (Å²) < 4.78 is 1.97. The van der Waals surface area contributed by atoms with Gasteiger partial charge in [-0.25, -0.2) is 19.9 Å². The highest BCUT2D eigenvalue weighted by molar-refractivity contribution is 6.32. The van der Waals surface area contributed by atoms with E-state index in [0.717, 1.165) is 75.2 Å². The van der Waals surface area contributed by atoms with Gasteiger partial charge in [0.1, 0.15) is 38.8 Å². The molecule has 3 saturated heterocycles. The van der Waals surface area contributed by atoms with Gasteiger partial charge in [-0.15, -0.1) is 0 Å². The zero-order chi connectivity index (χ0) is 32.7. The third kappa shape index (κ3) is 8.55. The van der Waals surface area contributed by atoms with Crippen LogP contribution in [0.1, 0.15) is 13.8 Å². The van der Waals surface area contributed by atoms with Gasteiger partial charge in [-0.1, -0.05) is 23.2 Å². The molecule has 44 heavy (non-hydrogen) atoms. The van der Waals surface area contributed by atoms with Crippen molar-refractivity contribution in [1.29, 1.82) is 0 Å². The van der Waals surface area contributed by atoms with Crippen LogP contribution in [-0.4, -0.2) is 129 Å². The molecule has 5 rings (SSSR count). The normalized spacial score (nSPS) is 18.4. The van der Waals surface area contributed by atoms with Crippen molar-refractivity contribution in [3.05, 3.63) is 43.2 Å². The summed E-state index contributed by atoms with van der Waals surface area (Å²) in [5.41, 5.74) is -0.474. The Kier molecular flexibility index (Phi) is 11.5. The Labute approximate surface area is 261 Å². The van der Waals surface area contributed by atoms with Crippen molar-refractivity contribution in [1.82, 2.24) is 19.9 Å². The van der Waals surface area contributed by atoms with E-state index < -0.39 is 21.8 Å². The Morgan fingerprint density at radius 2 is 0.932 bits per heavy atom. The number of hydrogen-bond donors (Lipinski definition) is 0. The van der Waals surface area contributed by atoms with Crippen LogP contribution in [0.2, 0.25) is 10.3 Å². The van der Waals surface area contributed by atoms with Gasteiger partial charge in [0.15, 0.2) is 0 Å². The number of carboxylic acids is 2. The van der Waals surface area contributed by atoms with Crippen molar-refractivity contribution in [3.63, 3.8) is 0 Å². The van der Waals surface area contributed by atoms with Crippen LogP contribution in [-0.2, 0) is 9.59 Å². The summed E-state index contributed by atoms with van der Waals surface area (Å²) in [5, 5.41) is 40.5. The van der Waals surface area contributed by atoms with E-state index in [1.54, 1.807) is 0 Å². The molecule has 0 bridgehead atoms. The largest absolute Gasteiger partial charge is 0.550 e. The molecule has 3 aliphatic heterocycles. The number of nitro groups is 2. The molecule has 2 spiro atoms. The van der Waals surface area contributed by atoms with E-state index in [1.165, 1.54) is 12.7 Å². The van der Waals surface area contributed by atoms with Crippen LogP contribution in [0.25, 0.3) is 0 Å². The maximum absolute atomic E-state index is 11.5. The molecule has 2 aromatic heterocycles. The van der Waals surface area contributed by atoms with Gasteiger partial charge in [-0.2, -0.15) is 0 Å². The van der Waals surface area contributed by atoms with Crippen LogP contribution in [0.4, 0.5) is 23.0 Å². The number of carbonyl (C=O) groups is 2. The molecule has 0 amide bonds. The zero-order valence-corrected chi connectivity index (χ0v) is 25.6. The van der Waals surface area contributed by atoms with E-state index in [2.05, 4.69) is 19.9 Å². The van der Waals surface area contributed by atoms with Gasteiger partial charge < -0.3 is 38.6 Å². The van der Waals surface area contributed by atoms with Crippen LogP contribution >= 0.6 is 23.2 Å². The predicted molar refractivity (Wildman–Crippen MR) is 153 cm³/mol. The fraction of sp³-hybridized carbons (Fsp3) is 0.583. The Balaban J connectivity index is 0.000000592. The first-order chi connectivity index (χ1) is 20.7. The van der Waals surface area contributed by atoms with Gasteiger partial charge in [0.25, 0.3) is 0 Å². The number of nitrogens with zero attached hydrogens (tertiary/aromatic N) is 10. The van der Waals surface area contributed by atoms with E-state index in [0.29, 0.717) is 26.2 Å². The molecule has 0 aliphatic carbocycles. The molecular formula is C24H32Cl2N10O8. The molecule has 3 aliphatic rings. The molecule has 3 fully saturated rings. The number of carbonyl (C=O) groups excluding carboxylic acids is 2. The maximum Gasteiger partial charge on any atom is 0.348 e. The SMILES string of the molecule is CC(=O)[O-].CC(=O)[O-].O=[N+]([O-])c1c(Cl)ncnc1N1CC[N+]2(CC1)CC[N+]1(CCN(c3ncnc(Cl)c3[N+](=O)[O-])CC1)CC2. The van der Waals surface area contributed by atoms with Gasteiger partial charge in [-0.05, 0) is 13.8 Å². The van der Waals surface area contributed by atoms with Crippen LogP contribution < -0.4 is 20.0 Å². The summed E-state index contributed by atoms with van der Waals surface area (Å²) >= 11 is 11.9. The minimum Gasteiger partial charge on any atom is -0.550 e. The zero-order valence-electron chi connectivity index (χ0n) is 24.1. The molecule has 0 radical (unpaired) electrons. The average Bonchev–Trinajstić information content (AvgIpc) is 2.94. The molecule has 20 heteroatoms. The summed E-state index contributed by atoms with van der Waals surface area (Å²) in [7, 11) is 0. The van der Waals surface area contributed by atoms with Crippen molar-refractivity contribution < 1.29 is 38.6 Å². The lowest BCUT2D eigenvalue weighted by Crippen LogP contribution is -2.73. The second kappa shape index (κ2) is 14.7. The second-order valence-corrected chi connectivity index (χ2v) is 11.3. The Morgan fingerprint density at radius 1 is 0.659 bits per heavy atom. The summed E-state index contributed by atoms with van der Waals surface area (Å²) in [6.07, 6.45) is 2.53. The van der Waals surface area contributed by atoms with Crippen LogP contribution in [0.5, 0.6) is 0 Å². The molecule has 0 unspecified atom stereocenters. The average molecular weight is 659 g/mol. The first-order valence-corrected chi connectivity index (χ1v) is 14.3. The second-order valence-electron chi connectivity index (χ2n) is 10.6. The molecule has 18 nitrogen and oxygen atoms in total. The topological polar surface area (TPSA) is 225 Å². The predicted octanol–water partition coefficient (Wildman–Crippen LogP) is -1.11. The molecule has 0 N–H and O–H groups in total. The number of halogens is 2. The number of aromatic nitrogens is 4. The first kappa shape index (κ1) is 34.5. The number of quaternary nitrogens is 2. The van der Waals surface area contributed by atoms with Crippen LogP contribution in [0.15, 0.2) is 12.7 Å². The molecule has 0 aromatic carbocycles. The molecule has 2 aromatic rings. The fourth-order valence-corrected chi connectivity index (χ4v) is 6.04. The maximum atomic E-state index is 11.5. The number of piperazine rings is 3. The molecule has 0 saturated carbocycles. The Hall–Kier alpha value is -4.00. The number of anilines is 2. The van der Waals surface area contributed by atoms with E-state index in [4.69, 9.17) is 43.0 Å². The molecular weight excluding hydrogens is 627 g/mol. The van der Waals surface area contributed by atoms with Crippen molar-refractivity contribution in [3.8, 4) is 0 Å². The summed E-state index contributed by atoms with van der Waals surface area (Å²) in [6, 6.07) is 0. The van der Waals surface area contributed by atoms with Crippen molar-refractivity contribution >= 4 is 58.2 Å². The van der Waals surface area contributed by atoms with E-state index in [9.17, 15) is 20.2 Å². The minimum atomic E-state index is -1.08. The minimum absolute atomic E-state index is 0.141. The summed E-state index contributed by atoms with van der Waals surface area (Å²) in [6.45, 7) is 12.3. The molecule has 240 valence electrons. The van der Waals surface area contributed by atoms with Gasteiger partial charge in [-0.3, -0.25) is 20.2 Å². The molecule has 5 heterocycles.